The minimum atomic E-state index is -0.850. The van der Waals surface area contributed by atoms with Crippen molar-refractivity contribution < 1.29 is 9.59 Å². The number of benzene rings is 7. The number of H-pyrrole nitrogens is 1. The van der Waals surface area contributed by atoms with Crippen molar-refractivity contribution in [2.45, 2.75) is 120 Å². The highest BCUT2D eigenvalue weighted by Crippen LogP contribution is 2.49. The second-order valence-electron chi connectivity index (χ2n) is 22.9. The van der Waals surface area contributed by atoms with Crippen LogP contribution in [0.4, 0.5) is 11.4 Å². The molecule has 75 heavy (non-hydrogen) atoms. The monoisotopic (exact) mass is 989 g/mol. The van der Waals surface area contributed by atoms with E-state index in [-0.39, 0.29) is 41.4 Å². The molecule has 4 aliphatic heterocycles. The van der Waals surface area contributed by atoms with Crippen LogP contribution in [0.3, 0.4) is 0 Å². The van der Waals surface area contributed by atoms with E-state index in [2.05, 4.69) is 163 Å². The van der Waals surface area contributed by atoms with Gasteiger partial charge in [-0.1, -0.05) is 172 Å². The van der Waals surface area contributed by atoms with E-state index in [1.54, 1.807) is 0 Å². The first-order valence-corrected chi connectivity index (χ1v) is 27.3. The Balaban J connectivity index is 0.826. The summed E-state index contributed by atoms with van der Waals surface area (Å²) in [7, 11) is 0. The van der Waals surface area contributed by atoms with E-state index >= 15 is 9.59 Å². The standard InChI is InChI=1S/C67H68N6O2/c1-65(2,3)48-32-34-53(35-33-48)73-58(45-30-36-54-47(42-45)44-57(68-54)60-28-18-40-71(60)63(74)66(4,49-20-10-6-11-21-49)50-22-12-7-13-23-50)38-39-59(73)46-31-37-55-56(43-46)70-62(69-55)61-29-19-41-72(61)64(75)67(5,51-24-14-8-15-25-51)52-26-16-9-17-27-52/h6-17,20-27,30-37,42-43,58-61H,18-19,28-29,38-41,44H2,1-5H3,(H,69,70)/t58-,59-,60+,61+/m1/s1. The van der Waals surface area contributed by atoms with Gasteiger partial charge in [0.15, 0.2) is 0 Å². The average molecular weight is 989 g/mol. The summed E-state index contributed by atoms with van der Waals surface area (Å²) in [6.45, 7) is 12.4. The Kier molecular flexibility index (Phi) is 12.4. The van der Waals surface area contributed by atoms with Gasteiger partial charge in [0.1, 0.15) is 5.82 Å². The largest absolute Gasteiger partial charge is 0.357 e. The van der Waals surface area contributed by atoms with Crippen molar-refractivity contribution in [2.75, 3.05) is 18.0 Å². The molecule has 8 heteroatoms. The Morgan fingerprint density at radius 1 is 0.507 bits per heavy atom. The summed E-state index contributed by atoms with van der Waals surface area (Å²) in [4.78, 5) is 51.3. The summed E-state index contributed by atoms with van der Waals surface area (Å²) in [5.74, 6) is 1.09. The van der Waals surface area contributed by atoms with Crippen molar-refractivity contribution >= 4 is 39.9 Å². The molecule has 1 aromatic heterocycles. The molecular formula is C67H68N6O2. The highest BCUT2D eigenvalue weighted by atomic mass is 16.2. The molecule has 3 fully saturated rings. The Morgan fingerprint density at radius 2 is 0.987 bits per heavy atom. The first-order valence-electron chi connectivity index (χ1n) is 27.3. The average Bonchev–Trinajstić information content (AvgIpc) is 4.34. The molecule has 2 amide bonds. The van der Waals surface area contributed by atoms with Gasteiger partial charge in [0.25, 0.3) is 0 Å². The number of aromatic amines is 1. The summed E-state index contributed by atoms with van der Waals surface area (Å²) < 4.78 is 0. The van der Waals surface area contributed by atoms with E-state index in [1.807, 2.05) is 72.8 Å². The number of carbonyl (C=O) groups excluding carboxylic acids is 2. The van der Waals surface area contributed by atoms with Crippen LogP contribution >= 0.6 is 0 Å². The number of hydrogen-bond acceptors (Lipinski definition) is 5. The van der Waals surface area contributed by atoms with Crippen LogP contribution < -0.4 is 4.90 Å². The van der Waals surface area contributed by atoms with Gasteiger partial charge in [-0.2, -0.15) is 0 Å². The third-order valence-corrected chi connectivity index (χ3v) is 17.4. The SMILES string of the molecule is CC(C)(C)c1ccc(N2[C@@H](c3ccc4c(c3)CC([C@@H]3CCCN3C(=O)C(C)(c3ccccc3)c3ccccc3)=N4)CC[C@@H]2c2ccc3nc([C@@H]4CCCN4C(=O)C(C)(c4ccccc4)c4ccccc4)[nH]c3c2)cc1. The van der Waals surface area contributed by atoms with E-state index in [1.165, 1.54) is 27.9 Å². The zero-order valence-electron chi connectivity index (χ0n) is 44.0. The summed E-state index contributed by atoms with van der Waals surface area (Å²) in [5, 5.41) is 0. The normalized spacial score (nSPS) is 20.0. The maximum atomic E-state index is 15.1. The van der Waals surface area contributed by atoms with E-state index in [0.717, 1.165) is 102 Å². The second-order valence-corrected chi connectivity index (χ2v) is 22.9. The van der Waals surface area contributed by atoms with Gasteiger partial charge in [0.05, 0.1) is 51.7 Å². The number of imidazole rings is 1. The molecular weight excluding hydrogens is 921 g/mol. The third kappa shape index (κ3) is 8.56. The molecule has 4 aliphatic rings. The number of likely N-dealkylation sites (tertiary alicyclic amines) is 2. The van der Waals surface area contributed by atoms with Crippen LogP contribution in [0, 0.1) is 0 Å². The molecule has 1 N–H and O–H groups in total. The number of carbonyl (C=O) groups is 2. The van der Waals surface area contributed by atoms with E-state index in [9.17, 15) is 0 Å². The van der Waals surface area contributed by atoms with Gasteiger partial charge in [-0.3, -0.25) is 14.6 Å². The molecule has 4 atom stereocenters. The van der Waals surface area contributed by atoms with Gasteiger partial charge in [-0.05, 0) is 133 Å². The third-order valence-electron chi connectivity index (χ3n) is 17.4. The van der Waals surface area contributed by atoms with Crippen LogP contribution in [0.1, 0.15) is 142 Å². The van der Waals surface area contributed by atoms with E-state index < -0.39 is 10.8 Å². The van der Waals surface area contributed by atoms with Gasteiger partial charge in [0, 0.05) is 30.9 Å². The first kappa shape index (κ1) is 48.4. The number of amides is 2. The topological polar surface area (TPSA) is 84.9 Å². The number of aromatic nitrogens is 2. The van der Waals surface area contributed by atoms with Crippen molar-refractivity contribution in [1.29, 1.82) is 0 Å². The predicted molar refractivity (Wildman–Crippen MR) is 303 cm³/mol. The maximum absolute atomic E-state index is 15.1. The predicted octanol–water partition coefficient (Wildman–Crippen LogP) is 14.2. The first-order chi connectivity index (χ1) is 36.4. The van der Waals surface area contributed by atoms with Gasteiger partial charge in [0.2, 0.25) is 11.8 Å². The number of nitrogens with one attached hydrogen (secondary N) is 1. The Hall–Kier alpha value is -7.58. The van der Waals surface area contributed by atoms with Gasteiger partial charge in [-0.25, -0.2) is 4.98 Å². The lowest BCUT2D eigenvalue weighted by Crippen LogP contribution is -2.50. The highest BCUT2D eigenvalue weighted by molar-refractivity contribution is 6.02. The van der Waals surface area contributed by atoms with Gasteiger partial charge < -0.3 is 19.7 Å². The Morgan fingerprint density at radius 3 is 1.51 bits per heavy atom. The van der Waals surface area contributed by atoms with Crippen molar-refractivity contribution in [3.8, 4) is 0 Å². The molecule has 12 rings (SSSR count). The van der Waals surface area contributed by atoms with Gasteiger partial charge >= 0.3 is 0 Å². The van der Waals surface area contributed by atoms with Crippen molar-refractivity contribution in [2.24, 2.45) is 4.99 Å². The number of hydrogen-bond donors (Lipinski definition) is 1. The molecule has 8 nitrogen and oxygen atoms in total. The lowest BCUT2D eigenvalue weighted by molar-refractivity contribution is -0.136. The lowest BCUT2D eigenvalue weighted by atomic mass is 9.74. The molecule has 3 saturated heterocycles. The lowest BCUT2D eigenvalue weighted by Gasteiger charge is -2.36. The smallest absolute Gasteiger partial charge is 0.238 e. The maximum Gasteiger partial charge on any atom is 0.238 e. The number of rotatable bonds is 11. The molecule has 5 heterocycles. The highest BCUT2D eigenvalue weighted by Gasteiger charge is 2.47. The summed E-state index contributed by atoms with van der Waals surface area (Å²) in [6.07, 6.45) is 6.36. The molecule has 0 bridgehead atoms. The Labute approximate surface area is 442 Å². The fourth-order valence-corrected chi connectivity index (χ4v) is 13.2. The van der Waals surface area contributed by atoms with Crippen LogP contribution in [0.15, 0.2) is 187 Å². The second kappa shape index (κ2) is 19.3. The molecule has 378 valence electrons. The van der Waals surface area contributed by atoms with Gasteiger partial charge in [-0.15, -0.1) is 0 Å². The van der Waals surface area contributed by atoms with E-state index in [4.69, 9.17) is 9.98 Å². The minimum absolute atomic E-state index is 0.0336. The zero-order valence-corrected chi connectivity index (χ0v) is 44.0. The summed E-state index contributed by atoms with van der Waals surface area (Å²) in [6, 6.07) is 64.0. The van der Waals surface area contributed by atoms with Crippen LogP contribution in [-0.4, -0.2) is 56.4 Å². The molecule has 7 aromatic carbocycles. The molecule has 0 aliphatic carbocycles. The minimum Gasteiger partial charge on any atom is -0.357 e. The summed E-state index contributed by atoms with van der Waals surface area (Å²) in [5.41, 5.74) is 12.7. The molecule has 0 unspecified atom stereocenters. The molecule has 0 saturated carbocycles. The fraction of sp³-hybridized carbons (Fsp3) is 0.313. The Bertz CT molecular complexity index is 3320. The van der Waals surface area contributed by atoms with Crippen LogP contribution in [0.2, 0.25) is 0 Å². The fourth-order valence-electron chi connectivity index (χ4n) is 13.2. The number of anilines is 1. The quantitative estimate of drug-likeness (QED) is 0.140. The molecule has 8 aromatic rings. The summed E-state index contributed by atoms with van der Waals surface area (Å²) >= 11 is 0. The van der Waals surface area contributed by atoms with Crippen molar-refractivity contribution in [1.82, 2.24) is 19.8 Å². The van der Waals surface area contributed by atoms with Crippen LogP contribution in [0.5, 0.6) is 0 Å². The number of aliphatic imine (C=N–C) groups is 1. The molecule has 0 radical (unpaired) electrons. The van der Waals surface area contributed by atoms with E-state index in [0.29, 0.717) is 6.54 Å². The number of nitrogens with zero attached hydrogens (tertiary/aromatic N) is 5. The van der Waals surface area contributed by atoms with Crippen molar-refractivity contribution in [3.63, 3.8) is 0 Å². The van der Waals surface area contributed by atoms with Crippen molar-refractivity contribution in [3.05, 3.63) is 232 Å². The number of fused-ring (bicyclic) bond motifs is 2. The molecule has 0 spiro atoms. The zero-order chi connectivity index (χ0) is 51.5. The van der Waals surface area contributed by atoms with Crippen LogP contribution in [-0.2, 0) is 32.3 Å². The van der Waals surface area contributed by atoms with Crippen LogP contribution in [0.25, 0.3) is 11.0 Å².